The fourth-order valence-corrected chi connectivity index (χ4v) is 2.25. The Hall–Kier alpha value is -2.70. The first-order valence-electron chi connectivity index (χ1n) is 6.34. The van der Waals surface area contributed by atoms with Crippen LogP contribution in [0.3, 0.4) is 0 Å². The van der Waals surface area contributed by atoms with Crippen molar-refractivity contribution in [2.75, 3.05) is 0 Å². The lowest BCUT2D eigenvalue weighted by Gasteiger charge is -2.02. The smallest absolute Gasteiger partial charge is 0.356 e. The van der Waals surface area contributed by atoms with Crippen molar-refractivity contribution in [3.05, 3.63) is 42.4 Å². The maximum absolute atomic E-state index is 10.9. The summed E-state index contributed by atoms with van der Waals surface area (Å²) in [5.74, 6) is 0.134. The molecule has 0 radical (unpaired) electrons. The van der Waals surface area contributed by atoms with E-state index in [1.165, 1.54) is 25.4 Å². The zero-order valence-electron chi connectivity index (χ0n) is 10.5. The Kier molecular flexibility index (Phi) is 2.17. The van der Waals surface area contributed by atoms with Gasteiger partial charge in [0.25, 0.3) is 0 Å². The molecule has 4 rings (SSSR count). The van der Waals surface area contributed by atoms with Gasteiger partial charge in [0.1, 0.15) is 11.8 Å². The molecule has 0 amide bonds. The molecule has 1 saturated carbocycles. The second-order valence-corrected chi connectivity index (χ2v) is 4.90. The third-order valence-electron chi connectivity index (χ3n) is 3.43. The van der Waals surface area contributed by atoms with Crippen LogP contribution in [0.15, 0.2) is 31.0 Å². The fraction of sp³-hybridized carbons (Fsp3) is 0.231. The normalized spacial score (nSPS) is 14.8. The summed E-state index contributed by atoms with van der Waals surface area (Å²) < 4.78 is 3.38. The fourth-order valence-electron chi connectivity index (χ4n) is 2.25. The van der Waals surface area contributed by atoms with Gasteiger partial charge in [-0.3, -0.25) is 4.57 Å². The van der Waals surface area contributed by atoms with Gasteiger partial charge in [-0.2, -0.15) is 5.10 Å². The molecule has 0 unspecified atom stereocenters. The van der Waals surface area contributed by atoms with Gasteiger partial charge in [0.05, 0.1) is 5.69 Å². The van der Waals surface area contributed by atoms with Gasteiger partial charge in [-0.1, -0.05) is 0 Å². The molecular weight excluding hydrogens is 258 g/mol. The van der Waals surface area contributed by atoms with Crippen LogP contribution in [0, 0.1) is 0 Å². The average molecular weight is 269 g/mol. The Morgan fingerprint density at radius 1 is 1.35 bits per heavy atom. The van der Waals surface area contributed by atoms with E-state index in [2.05, 4.69) is 15.1 Å². The minimum atomic E-state index is -1.05. The third kappa shape index (κ3) is 1.67. The van der Waals surface area contributed by atoms with Gasteiger partial charge in [0.15, 0.2) is 11.5 Å². The first-order valence-corrected chi connectivity index (χ1v) is 6.34. The number of aromatic carboxylic acids is 1. The summed E-state index contributed by atoms with van der Waals surface area (Å²) in [5.41, 5.74) is 1.91. The minimum absolute atomic E-state index is 0.00395. The van der Waals surface area contributed by atoms with Gasteiger partial charge >= 0.3 is 5.97 Å². The van der Waals surface area contributed by atoms with Gasteiger partial charge in [-0.15, -0.1) is 0 Å². The molecule has 1 aliphatic carbocycles. The van der Waals surface area contributed by atoms with Crippen molar-refractivity contribution in [3.63, 3.8) is 0 Å². The topological polar surface area (TPSA) is 85.3 Å². The second-order valence-electron chi connectivity index (χ2n) is 4.90. The zero-order valence-corrected chi connectivity index (χ0v) is 10.5. The highest BCUT2D eigenvalue weighted by molar-refractivity contribution is 5.85. The van der Waals surface area contributed by atoms with Crippen molar-refractivity contribution in [2.24, 2.45) is 0 Å². The molecule has 0 aliphatic heterocycles. The van der Waals surface area contributed by atoms with Crippen molar-refractivity contribution in [2.45, 2.75) is 18.8 Å². The van der Waals surface area contributed by atoms with Crippen LogP contribution in [0.5, 0.6) is 0 Å². The molecule has 7 nitrogen and oxygen atoms in total. The average Bonchev–Trinajstić information content (AvgIpc) is 3.02. The zero-order chi connectivity index (χ0) is 13.7. The summed E-state index contributed by atoms with van der Waals surface area (Å²) in [6, 6.07) is 2.01. The Labute approximate surface area is 113 Å². The van der Waals surface area contributed by atoms with E-state index in [-0.39, 0.29) is 5.69 Å². The van der Waals surface area contributed by atoms with E-state index in [0.717, 1.165) is 11.2 Å². The molecule has 3 aromatic rings. The predicted octanol–water partition coefficient (Wildman–Crippen LogP) is 1.49. The molecule has 100 valence electrons. The van der Waals surface area contributed by atoms with Crippen LogP contribution in [0.25, 0.3) is 11.3 Å². The number of fused-ring (bicyclic) bond motifs is 1. The largest absolute Gasteiger partial charge is 0.476 e. The number of nitrogens with zero attached hydrogens (tertiary/aromatic N) is 5. The molecule has 1 N–H and O–H groups in total. The molecule has 0 atom stereocenters. The van der Waals surface area contributed by atoms with Crippen LogP contribution in [-0.4, -0.2) is 35.2 Å². The summed E-state index contributed by atoms with van der Waals surface area (Å²) in [7, 11) is 0. The van der Waals surface area contributed by atoms with Crippen LogP contribution >= 0.6 is 0 Å². The molecule has 0 bridgehead atoms. The lowest BCUT2D eigenvalue weighted by Crippen LogP contribution is -2.00. The summed E-state index contributed by atoms with van der Waals surface area (Å²) in [5, 5.41) is 13.5. The SMILES string of the molecule is O=C(O)c1cn(-c2nccn3nc(C4CC4)cc23)cn1. The summed E-state index contributed by atoms with van der Waals surface area (Å²) in [4.78, 5) is 19.1. The van der Waals surface area contributed by atoms with Crippen LogP contribution in [-0.2, 0) is 0 Å². The lowest BCUT2D eigenvalue weighted by molar-refractivity contribution is 0.0691. The standard InChI is InChI=1S/C13H11N5O2/c19-13(20)10-6-17(7-15-10)12-11-5-9(8-1-2-8)16-18(11)4-3-14-12/h3-8H,1-2H2,(H,19,20). The number of carbonyl (C=O) groups is 1. The quantitative estimate of drug-likeness (QED) is 0.778. The molecule has 1 aliphatic rings. The second kappa shape index (κ2) is 3.89. The van der Waals surface area contributed by atoms with E-state index in [9.17, 15) is 4.79 Å². The van der Waals surface area contributed by atoms with E-state index in [0.29, 0.717) is 11.7 Å². The molecular formula is C13H11N5O2. The van der Waals surface area contributed by atoms with Gasteiger partial charge in [0.2, 0.25) is 0 Å². The summed E-state index contributed by atoms with van der Waals surface area (Å²) in [6.45, 7) is 0. The van der Waals surface area contributed by atoms with Crippen LogP contribution in [0.4, 0.5) is 0 Å². The molecule has 0 spiro atoms. The van der Waals surface area contributed by atoms with E-state index < -0.39 is 5.97 Å². The first-order chi connectivity index (χ1) is 9.72. The highest BCUT2D eigenvalue weighted by Gasteiger charge is 2.27. The molecule has 3 aromatic heterocycles. The van der Waals surface area contributed by atoms with E-state index in [1.54, 1.807) is 21.5 Å². The monoisotopic (exact) mass is 269 g/mol. The van der Waals surface area contributed by atoms with Crippen molar-refractivity contribution in [1.29, 1.82) is 0 Å². The number of rotatable bonds is 3. The summed E-state index contributed by atoms with van der Waals surface area (Å²) >= 11 is 0. The molecule has 3 heterocycles. The van der Waals surface area contributed by atoms with Gasteiger partial charge < -0.3 is 5.11 Å². The van der Waals surface area contributed by atoms with Gasteiger partial charge in [0, 0.05) is 24.5 Å². The first kappa shape index (κ1) is 11.2. The molecule has 7 heteroatoms. The van der Waals surface area contributed by atoms with E-state index in [4.69, 9.17) is 5.11 Å². The highest BCUT2D eigenvalue weighted by Crippen LogP contribution is 2.39. The predicted molar refractivity (Wildman–Crippen MR) is 69.0 cm³/mol. The minimum Gasteiger partial charge on any atom is -0.476 e. The number of hydrogen-bond donors (Lipinski definition) is 1. The van der Waals surface area contributed by atoms with Crippen molar-refractivity contribution in [1.82, 2.24) is 24.1 Å². The maximum atomic E-state index is 10.9. The van der Waals surface area contributed by atoms with Crippen LogP contribution < -0.4 is 0 Å². The number of aromatic nitrogens is 5. The molecule has 20 heavy (non-hydrogen) atoms. The Bertz CT molecular complexity index is 815. The number of carboxylic acids is 1. The van der Waals surface area contributed by atoms with Crippen molar-refractivity contribution in [3.8, 4) is 5.82 Å². The Morgan fingerprint density at radius 3 is 2.90 bits per heavy atom. The van der Waals surface area contributed by atoms with E-state index in [1.807, 2.05) is 6.07 Å². The highest BCUT2D eigenvalue weighted by atomic mass is 16.4. The molecule has 0 aromatic carbocycles. The van der Waals surface area contributed by atoms with Gasteiger partial charge in [-0.05, 0) is 18.9 Å². The number of carboxylic acid groups (broad SMARTS) is 1. The molecule has 0 saturated heterocycles. The number of imidazole rings is 1. The third-order valence-corrected chi connectivity index (χ3v) is 3.43. The maximum Gasteiger partial charge on any atom is 0.356 e. The molecule has 1 fully saturated rings. The summed E-state index contributed by atoms with van der Waals surface area (Å²) in [6.07, 6.45) is 8.71. The lowest BCUT2D eigenvalue weighted by atomic mass is 10.3. The Morgan fingerprint density at radius 2 is 2.20 bits per heavy atom. The van der Waals surface area contributed by atoms with E-state index >= 15 is 0 Å². The van der Waals surface area contributed by atoms with Crippen LogP contribution in [0.1, 0.15) is 34.9 Å². The van der Waals surface area contributed by atoms with Crippen LogP contribution in [0.2, 0.25) is 0 Å². The van der Waals surface area contributed by atoms with Crippen molar-refractivity contribution >= 4 is 11.5 Å². The Balaban J connectivity index is 1.87. The van der Waals surface area contributed by atoms with Crippen molar-refractivity contribution < 1.29 is 9.90 Å². The van der Waals surface area contributed by atoms with Gasteiger partial charge in [-0.25, -0.2) is 19.3 Å². The number of hydrogen-bond acceptors (Lipinski definition) is 4.